The van der Waals surface area contributed by atoms with Gasteiger partial charge in [-0.3, -0.25) is 14.9 Å². The topological polar surface area (TPSA) is 84.3 Å². The third-order valence-electron chi connectivity index (χ3n) is 3.82. The Hall–Kier alpha value is -2.02. The van der Waals surface area contributed by atoms with E-state index in [-0.39, 0.29) is 17.6 Å². The van der Waals surface area contributed by atoms with Crippen molar-refractivity contribution in [2.24, 2.45) is 5.92 Å². The fourth-order valence-electron chi connectivity index (χ4n) is 2.53. The van der Waals surface area contributed by atoms with Crippen molar-refractivity contribution >= 4 is 17.3 Å². The number of carbonyl (C=O) groups is 1. The van der Waals surface area contributed by atoms with E-state index in [4.69, 9.17) is 0 Å². The van der Waals surface area contributed by atoms with Gasteiger partial charge in [0.25, 0.3) is 0 Å². The van der Waals surface area contributed by atoms with Crippen molar-refractivity contribution in [3.8, 4) is 0 Å². The maximum Gasteiger partial charge on any atom is 0.306 e. The summed E-state index contributed by atoms with van der Waals surface area (Å²) in [6, 6.07) is 3.03. The molecule has 1 aliphatic heterocycles. The van der Waals surface area contributed by atoms with Gasteiger partial charge in [-0.2, -0.15) is 4.39 Å². The number of anilines is 1. The van der Waals surface area contributed by atoms with Crippen molar-refractivity contribution in [1.82, 2.24) is 5.32 Å². The molecule has 0 aromatic heterocycles. The van der Waals surface area contributed by atoms with Crippen LogP contribution in [0.1, 0.15) is 26.2 Å². The molecule has 2 atom stereocenters. The molecule has 1 heterocycles. The lowest BCUT2D eigenvalue weighted by Gasteiger charge is -2.28. The Kier molecular flexibility index (Phi) is 4.85. The molecule has 7 heteroatoms. The van der Waals surface area contributed by atoms with Crippen LogP contribution in [0.3, 0.4) is 0 Å². The van der Waals surface area contributed by atoms with Gasteiger partial charge in [0.05, 0.1) is 11.0 Å². The molecule has 21 heavy (non-hydrogen) atoms. The summed E-state index contributed by atoms with van der Waals surface area (Å²) in [5.74, 6) is -0.654. The van der Waals surface area contributed by atoms with Gasteiger partial charge in [0.15, 0.2) is 0 Å². The van der Waals surface area contributed by atoms with E-state index >= 15 is 0 Å². The number of nitrogens with one attached hydrogen (secondary N) is 2. The Labute approximate surface area is 121 Å². The second-order valence-electron chi connectivity index (χ2n) is 5.22. The van der Waals surface area contributed by atoms with E-state index in [0.717, 1.165) is 37.9 Å². The summed E-state index contributed by atoms with van der Waals surface area (Å²) >= 11 is 0. The summed E-state index contributed by atoms with van der Waals surface area (Å²) < 4.78 is 13.2. The minimum atomic E-state index is -0.917. The highest BCUT2D eigenvalue weighted by molar-refractivity contribution is 5.95. The first-order valence-corrected chi connectivity index (χ1v) is 6.99. The number of hydrogen-bond acceptors (Lipinski definition) is 4. The summed E-state index contributed by atoms with van der Waals surface area (Å²) in [4.78, 5) is 22.0. The van der Waals surface area contributed by atoms with Crippen molar-refractivity contribution in [1.29, 1.82) is 0 Å². The molecule has 0 saturated carbocycles. The standard InChI is InChI=1S/C14H18FN3O3/c1-2-9-5-6-16-12(7-9)14(19)17-10-3-4-11(15)13(8-10)18(20)21/h3-4,8-9,12,16H,2,5-7H2,1H3,(H,17,19). The summed E-state index contributed by atoms with van der Waals surface area (Å²) in [7, 11) is 0. The number of nitro benzene ring substituents is 1. The van der Waals surface area contributed by atoms with Crippen LogP contribution in [-0.4, -0.2) is 23.4 Å². The average molecular weight is 295 g/mol. The largest absolute Gasteiger partial charge is 0.324 e. The highest BCUT2D eigenvalue weighted by atomic mass is 19.1. The highest BCUT2D eigenvalue weighted by Gasteiger charge is 2.26. The Morgan fingerprint density at radius 2 is 2.33 bits per heavy atom. The molecule has 114 valence electrons. The summed E-state index contributed by atoms with van der Waals surface area (Å²) in [5.41, 5.74) is -0.413. The number of piperidine rings is 1. The van der Waals surface area contributed by atoms with Crippen LogP contribution in [0.25, 0.3) is 0 Å². The Bertz CT molecular complexity index is 550. The zero-order valence-corrected chi connectivity index (χ0v) is 11.8. The Balaban J connectivity index is 2.05. The molecule has 2 N–H and O–H groups in total. The monoisotopic (exact) mass is 295 g/mol. The van der Waals surface area contributed by atoms with Gasteiger partial charge in [-0.25, -0.2) is 0 Å². The van der Waals surface area contributed by atoms with E-state index in [0.29, 0.717) is 5.92 Å². The molecule has 0 bridgehead atoms. The van der Waals surface area contributed by atoms with Gasteiger partial charge in [-0.05, 0) is 37.4 Å². The smallest absolute Gasteiger partial charge is 0.306 e. The second-order valence-corrected chi connectivity index (χ2v) is 5.22. The summed E-state index contributed by atoms with van der Waals surface area (Å²) in [6.07, 6.45) is 2.81. The third kappa shape index (κ3) is 3.75. The first-order chi connectivity index (χ1) is 10.0. The highest BCUT2D eigenvalue weighted by Crippen LogP contribution is 2.23. The SMILES string of the molecule is CCC1CCNC(C(=O)Nc2ccc(F)c([N+](=O)[O-])c2)C1. The molecule has 1 amide bonds. The van der Waals surface area contributed by atoms with Gasteiger partial charge in [0.2, 0.25) is 11.7 Å². The number of hydrogen-bond donors (Lipinski definition) is 2. The molecule has 0 aliphatic carbocycles. The number of nitrogens with zero attached hydrogens (tertiary/aromatic N) is 1. The van der Waals surface area contributed by atoms with E-state index in [9.17, 15) is 19.3 Å². The molecule has 1 saturated heterocycles. The number of halogens is 1. The maximum atomic E-state index is 13.2. The minimum Gasteiger partial charge on any atom is -0.324 e. The van der Waals surface area contributed by atoms with E-state index in [1.165, 1.54) is 6.07 Å². The second kappa shape index (κ2) is 6.62. The molecule has 2 rings (SSSR count). The zero-order valence-electron chi connectivity index (χ0n) is 11.8. The van der Waals surface area contributed by atoms with Crippen LogP contribution in [-0.2, 0) is 4.79 Å². The van der Waals surface area contributed by atoms with Crippen molar-refractivity contribution in [2.45, 2.75) is 32.2 Å². The van der Waals surface area contributed by atoms with E-state index in [2.05, 4.69) is 17.6 Å². The normalized spacial score (nSPS) is 21.8. The molecule has 1 aromatic carbocycles. The van der Waals surface area contributed by atoms with Gasteiger partial charge in [-0.1, -0.05) is 13.3 Å². The van der Waals surface area contributed by atoms with Crippen molar-refractivity contribution in [3.63, 3.8) is 0 Å². The van der Waals surface area contributed by atoms with Gasteiger partial charge >= 0.3 is 5.69 Å². The molecule has 6 nitrogen and oxygen atoms in total. The molecule has 2 unspecified atom stereocenters. The van der Waals surface area contributed by atoms with Crippen LogP contribution >= 0.6 is 0 Å². The lowest BCUT2D eigenvalue weighted by Crippen LogP contribution is -2.46. The van der Waals surface area contributed by atoms with Gasteiger partial charge < -0.3 is 10.6 Å². The fourth-order valence-corrected chi connectivity index (χ4v) is 2.53. The molecule has 1 fully saturated rings. The number of nitro groups is 1. The van der Waals surface area contributed by atoms with Crippen LogP contribution in [0, 0.1) is 21.8 Å². The lowest BCUT2D eigenvalue weighted by molar-refractivity contribution is -0.387. The van der Waals surface area contributed by atoms with Crippen molar-refractivity contribution in [2.75, 3.05) is 11.9 Å². The zero-order chi connectivity index (χ0) is 15.4. The number of benzene rings is 1. The van der Waals surface area contributed by atoms with Gasteiger partial charge in [-0.15, -0.1) is 0 Å². The average Bonchev–Trinajstić information content (AvgIpc) is 2.49. The lowest BCUT2D eigenvalue weighted by atomic mass is 9.90. The molecule has 1 aromatic rings. The predicted molar refractivity (Wildman–Crippen MR) is 76.5 cm³/mol. The molecular formula is C14H18FN3O3. The molecular weight excluding hydrogens is 277 g/mol. The minimum absolute atomic E-state index is 0.230. The van der Waals surface area contributed by atoms with Crippen LogP contribution in [0.5, 0.6) is 0 Å². The Morgan fingerprint density at radius 1 is 1.57 bits per heavy atom. The number of rotatable bonds is 4. The van der Waals surface area contributed by atoms with Gasteiger partial charge in [0.1, 0.15) is 0 Å². The third-order valence-corrected chi connectivity index (χ3v) is 3.82. The van der Waals surface area contributed by atoms with Crippen molar-refractivity contribution < 1.29 is 14.1 Å². The fraction of sp³-hybridized carbons (Fsp3) is 0.500. The van der Waals surface area contributed by atoms with Crippen LogP contribution in [0.15, 0.2) is 18.2 Å². The van der Waals surface area contributed by atoms with E-state index in [1.807, 2.05) is 0 Å². The van der Waals surface area contributed by atoms with Gasteiger partial charge in [0, 0.05) is 11.8 Å². The van der Waals surface area contributed by atoms with Crippen LogP contribution in [0.2, 0.25) is 0 Å². The number of carbonyl (C=O) groups excluding carboxylic acids is 1. The predicted octanol–water partition coefficient (Wildman–Crippen LogP) is 2.45. The van der Waals surface area contributed by atoms with E-state index in [1.54, 1.807) is 0 Å². The van der Waals surface area contributed by atoms with Crippen LogP contribution < -0.4 is 10.6 Å². The van der Waals surface area contributed by atoms with E-state index < -0.39 is 16.4 Å². The molecule has 0 radical (unpaired) electrons. The Morgan fingerprint density at radius 3 is 3.00 bits per heavy atom. The number of amides is 1. The molecule has 1 aliphatic rings. The first-order valence-electron chi connectivity index (χ1n) is 6.99. The summed E-state index contributed by atoms with van der Waals surface area (Å²) in [5, 5.41) is 16.4. The summed E-state index contributed by atoms with van der Waals surface area (Å²) in [6.45, 7) is 2.87. The molecule has 0 spiro atoms. The quantitative estimate of drug-likeness (QED) is 0.660. The maximum absolute atomic E-state index is 13.2. The van der Waals surface area contributed by atoms with Crippen molar-refractivity contribution in [3.05, 3.63) is 34.1 Å². The van der Waals surface area contributed by atoms with Crippen LogP contribution in [0.4, 0.5) is 15.8 Å². The first kappa shape index (κ1) is 15.4.